The molecule has 4 rings (SSSR count). The SMILES string of the molecule is N#Cc1ccc(C[C@@H](NC(=O)C(c2ccccc2)(c2ccccc2)c2ccccc2)C(N)=O)cc1. The molecule has 2 amide bonds. The van der Waals surface area contributed by atoms with Crippen molar-refractivity contribution in [3.63, 3.8) is 0 Å². The van der Waals surface area contributed by atoms with E-state index >= 15 is 0 Å². The summed E-state index contributed by atoms with van der Waals surface area (Å²) < 4.78 is 0. The average molecular weight is 460 g/mol. The maximum absolute atomic E-state index is 14.3. The predicted molar refractivity (Wildman–Crippen MR) is 135 cm³/mol. The Hall–Kier alpha value is -4.69. The first-order valence-electron chi connectivity index (χ1n) is 11.3. The minimum absolute atomic E-state index is 0.210. The Kier molecular flexibility index (Phi) is 7.04. The standard InChI is InChI=1S/C30H25N3O2/c31-21-23-18-16-22(17-19-23)20-27(28(32)34)33-29(35)30(24-10-4-1-5-11-24,25-12-6-2-7-13-25)26-14-8-3-9-15-26/h1-19,27H,20H2,(H2,32,34)(H,33,35)/t27-/m1/s1. The molecule has 0 heterocycles. The van der Waals surface area contributed by atoms with Gasteiger partial charge in [-0.1, -0.05) is 103 Å². The summed E-state index contributed by atoms with van der Waals surface area (Å²) in [4.78, 5) is 26.8. The molecular formula is C30H25N3O2. The molecule has 0 radical (unpaired) electrons. The number of nitrogens with two attached hydrogens (primary N) is 1. The van der Waals surface area contributed by atoms with Crippen LogP contribution in [0.3, 0.4) is 0 Å². The van der Waals surface area contributed by atoms with Gasteiger partial charge in [0.2, 0.25) is 11.8 Å². The molecule has 0 unspecified atom stereocenters. The van der Waals surface area contributed by atoms with E-state index in [1.165, 1.54) is 0 Å². The zero-order valence-electron chi connectivity index (χ0n) is 19.1. The fraction of sp³-hybridized carbons (Fsp3) is 0.100. The quantitative estimate of drug-likeness (QED) is 0.388. The van der Waals surface area contributed by atoms with Crippen LogP contribution in [-0.2, 0) is 21.4 Å². The van der Waals surface area contributed by atoms with E-state index in [1.54, 1.807) is 24.3 Å². The molecule has 35 heavy (non-hydrogen) atoms. The second kappa shape index (κ2) is 10.5. The van der Waals surface area contributed by atoms with Gasteiger partial charge in [0.05, 0.1) is 11.6 Å². The third-order valence-corrected chi connectivity index (χ3v) is 6.13. The number of primary amides is 1. The minimum Gasteiger partial charge on any atom is -0.368 e. The number of carbonyl (C=O) groups excluding carboxylic acids is 2. The Morgan fingerprint density at radius 1 is 0.743 bits per heavy atom. The lowest BCUT2D eigenvalue weighted by atomic mass is 9.68. The van der Waals surface area contributed by atoms with E-state index in [0.29, 0.717) is 5.56 Å². The molecular weight excluding hydrogens is 434 g/mol. The highest BCUT2D eigenvalue weighted by atomic mass is 16.2. The highest BCUT2D eigenvalue weighted by Crippen LogP contribution is 2.39. The molecule has 0 fully saturated rings. The van der Waals surface area contributed by atoms with E-state index in [-0.39, 0.29) is 12.3 Å². The molecule has 172 valence electrons. The number of carbonyl (C=O) groups is 2. The molecule has 5 heteroatoms. The summed E-state index contributed by atoms with van der Waals surface area (Å²) in [6, 6.07) is 36.6. The lowest BCUT2D eigenvalue weighted by molar-refractivity contribution is -0.129. The number of amides is 2. The Balaban J connectivity index is 1.81. The highest BCUT2D eigenvalue weighted by molar-refractivity contribution is 5.98. The van der Waals surface area contributed by atoms with Crippen molar-refractivity contribution in [1.82, 2.24) is 5.32 Å². The van der Waals surface area contributed by atoms with Gasteiger partial charge in [-0.05, 0) is 34.4 Å². The second-order valence-corrected chi connectivity index (χ2v) is 8.29. The summed E-state index contributed by atoms with van der Waals surface area (Å²) >= 11 is 0. The smallest absolute Gasteiger partial charge is 0.240 e. The topological polar surface area (TPSA) is 96.0 Å². The van der Waals surface area contributed by atoms with Gasteiger partial charge in [0.25, 0.3) is 0 Å². The van der Waals surface area contributed by atoms with Gasteiger partial charge in [-0.25, -0.2) is 0 Å². The molecule has 5 nitrogen and oxygen atoms in total. The number of hydrogen-bond acceptors (Lipinski definition) is 3. The predicted octanol–water partition coefficient (Wildman–Crippen LogP) is 4.11. The molecule has 1 atom stereocenters. The Labute approximate surface area is 204 Å². The van der Waals surface area contributed by atoms with E-state index in [1.807, 2.05) is 91.0 Å². The molecule has 0 aromatic heterocycles. The monoisotopic (exact) mass is 459 g/mol. The largest absolute Gasteiger partial charge is 0.368 e. The van der Waals surface area contributed by atoms with Crippen LogP contribution >= 0.6 is 0 Å². The van der Waals surface area contributed by atoms with Crippen molar-refractivity contribution >= 4 is 11.8 Å². The van der Waals surface area contributed by atoms with Gasteiger partial charge in [-0.2, -0.15) is 5.26 Å². The third-order valence-electron chi connectivity index (χ3n) is 6.13. The minimum atomic E-state index is -1.21. The lowest BCUT2D eigenvalue weighted by Crippen LogP contribution is -2.54. The van der Waals surface area contributed by atoms with Crippen molar-refractivity contribution < 1.29 is 9.59 Å². The van der Waals surface area contributed by atoms with Gasteiger partial charge >= 0.3 is 0 Å². The molecule has 4 aromatic rings. The number of nitrogens with one attached hydrogen (secondary N) is 1. The van der Waals surface area contributed by atoms with Gasteiger partial charge in [-0.15, -0.1) is 0 Å². The molecule has 0 saturated carbocycles. The molecule has 0 aliphatic carbocycles. The first kappa shape index (κ1) is 23.5. The van der Waals surface area contributed by atoms with Crippen molar-refractivity contribution in [3.05, 3.63) is 143 Å². The summed E-state index contributed by atoms with van der Waals surface area (Å²) in [6.45, 7) is 0. The van der Waals surface area contributed by atoms with Gasteiger partial charge in [0.1, 0.15) is 11.5 Å². The van der Waals surface area contributed by atoms with Crippen molar-refractivity contribution in [2.75, 3.05) is 0 Å². The maximum Gasteiger partial charge on any atom is 0.240 e. The van der Waals surface area contributed by atoms with E-state index in [4.69, 9.17) is 11.0 Å². The summed E-state index contributed by atoms with van der Waals surface area (Å²) in [5, 5.41) is 12.0. The summed E-state index contributed by atoms with van der Waals surface area (Å²) in [5.41, 5.74) is 8.17. The molecule has 0 spiro atoms. The molecule has 0 bridgehead atoms. The van der Waals surface area contributed by atoms with E-state index in [0.717, 1.165) is 22.3 Å². The number of nitriles is 1. The van der Waals surface area contributed by atoms with Crippen LogP contribution in [0, 0.1) is 11.3 Å². The zero-order valence-corrected chi connectivity index (χ0v) is 19.1. The summed E-state index contributed by atoms with van der Waals surface area (Å²) in [7, 11) is 0. The molecule has 4 aromatic carbocycles. The van der Waals surface area contributed by atoms with Gasteiger partial charge in [-0.3, -0.25) is 9.59 Å². The van der Waals surface area contributed by atoms with Crippen molar-refractivity contribution in [2.45, 2.75) is 17.9 Å². The van der Waals surface area contributed by atoms with E-state index in [9.17, 15) is 9.59 Å². The van der Waals surface area contributed by atoms with Crippen molar-refractivity contribution in [3.8, 4) is 6.07 Å². The fourth-order valence-electron chi connectivity index (χ4n) is 4.40. The lowest BCUT2D eigenvalue weighted by Gasteiger charge is -2.35. The summed E-state index contributed by atoms with van der Waals surface area (Å²) in [6.07, 6.45) is 0.210. The third kappa shape index (κ3) is 4.83. The van der Waals surface area contributed by atoms with Crippen LogP contribution in [0.25, 0.3) is 0 Å². The fourth-order valence-corrected chi connectivity index (χ4v) is 4.40. The number of nitrogens with zero attached hydrogens (tertiary/aromatic N) is 1. The second-order valence-electron chi connectivity index (χ2n) is 8.29. The molecule has 0 aliphatic rings. The average Bonchev–Trinajstić information content (AvgIpc) is 2.91. The Morgan fingerprint density at radius 2 is 1.17 bits per heavy atom. The first-order valence-corrected chi connectivity index (χ1v) is 11.3. The first-order chi connectivity index (χ1) is 17.1. The highest BCUT2D eigenvalue weighted by Gasteiger charge is 2.44. The van der Waals surface area contributed by atoms with Crippen LogP contribution in [0.5, 0.6) is 0 Å². The van der Waals surface area contributed by atoms with E-state index in [2.05, 4.69) is 11.4 Å². The Morgan fingerprint density at radius 3 is 1.54 bits per heavy atom. The van der Waals surface area contributed by atoms with Crippen LogP contribution in [0.15, 0.2) is 115 Å². The number of benzene rings is 4. The summed E-state index contributed by atoms with van der Waals surface area (Å²) in [5.74, 6) is -0.982. The molecule has 0 aliphatic heterocycles. The molecule has 3 N–H and O–H groups in total. The normalized spacial score (nSPS) is 11.7. The maximum atomic E-state index is 14.3. The van der Waals surface area contributed by atoms with Crippen LogP contribution in [-0.4, -0.2) is 17.9 Å². The van der Waals surface area contributed by atoms with Crippen molar-refractivity contribution in [2.24, 2.45) is 5.73 Å². The zero-order chi connectivity index (χ0) is 24.7. The van der Waals surface area contributed by atoms with Crippen LogP contribution in [0.1, 0.15) is 27.8 Å². The van der Waals surface area contributed by atoms with E-state index < -0.39 is 17.4 Å². The van der Waals surface area contributed by atoms with Gasteiger partial charge in [0, 0.05) is 6.42 Å². The van der Waals surface area contributed by atoms with Gasteiger partial charge in [0.15, 0.2) is 0 Å². The van der Waals surface area contributed by atoms with Gasteiger partial charge < -0.3 is 11.1 Å². The van der Waals surface area contributed by atoms with Crippen LogP contribution in [0.4, 0.5) is 0 Å². The number of hydrogen-bond donors (Lipinski definition) is 2. The van der Waals surface area contributed by atoms with Crippen LogP contribution in [0.2, 0.25) is 0 Å². The number of rotatable bonds is 8. The van der Waals surface area contributed by atoms with Crippen LogP contribution < -0.4 is 11.1 Å². The molecule has 0 saturated heterocycles. The Bertz CT molecular complexity index is 1230. The van der Waals surface area contributed by atoms with Crippen molar-refractivity contribution in [1.29, 1.82) is 5.26 Å².